The van der Waals surface area contributed by atoms with Crippen LogP contribution in [-0.4, -0.2) is 39.8 Å². The van der Waals surface area contributed by atoms with Crippen LogP contribution in [0.15, 0.2) is 0 Å². The summed E-state index contributed by atoms with van der Waals surface area (Å²) in [6, 6.07) is -1.33. The van der Waals surface area contributed by atoms with Crippen LogP contribution >= 0.6 is 0 Å². The van der Waals surface area contributed by atoms with Gasteiger partial charge in [0.15, 0.2) is 6.04 Å². The first-order valence-corrected chi connectivity index (χ1v) is 4.73. The van der Waals surface area contributed by atoms with Gasteiger partial charge in [0, 0.05) is 0 Å². The zero-order valence-electron chi connectivity index (χ0n) is 9.15. The largest absolute Gasteiger partial charge is 0.480 e. The van der Waals surface area contributed by atoms with Gasteiger partial charge >= 0.3 is 5.97 Å². The summed E-state index contributed by atoms with van der Waals surface area (Å²) in [5, 5.41) is 20.0. The molecule has 6 nitrogen and oxygen atoms in total. The molecule has 0 aliphatic carbocycles. The van der Waals surface area contributed by atoms with Crippen LogP contribution in [0.1, 0.15) is 27.2 Å². The fraction of sp³-hybridized carbons (Fsp3) is 0.778. The Morgan fingerprint density at radius 3 is 2.27 bits per heavy atom. The number of carboxylic acid groups (broad SMARTS) is 1. The van der Waals surface area contributed by atoms with Gasteiger partial charge in [0.2, 0.25) is 5.91 Å². The number of nitrogens with one attached hydrogen (secondary N) is 1. The molecule has 5 N–H and O–H groups in total. The number of hydrogen-bond donors (Lipinski definition) is 4. The van der Waals surface area contributed by atoms with E-state index in [0.29, 0.717) is 6.42 Å². The predicted octanol–water partition coefficient (Wildman–Crippen LogP) is -0.936. The summed E-state index contributed by atoms with van der Waals surface area (Å²) >= 11 is 0. The summed E-state index contributed by atoms with van der Waals surface area (Å²) in [6.07, 6.45) is -0.788. The maximum absolute atomic E-state index is 11.5. The SMILES string of the molecule is CCC(C)(N)C(=O)NC(C(=O)O)C(C)O. The number of amides is 1. The minimum Gasteiger partial charge on any atom is -0.480 e. The Balaban J connectivity index is 4.57. The van der Waals surface area contributed by atoms with Gasteiger partial charge in [-0.05, 0) is 20.3 Å². The van der Waals surface area contributed by atoms with Gasteiger partial charge in [0.25, 0.3) is 0 Å². The van der Waals surface area contributed by atoms with Gasteiger partial charge < -0.3 is 21.3 Å². The van der Waals surface area contributed by atoms with E-state index < -0.39 is 29.6 Å². The van der Waals surface area contributed by atoms with E-state index in [1.807, 2.05) is 0 Å². The highest BCUT2D eigenvalue weighted by atomic mass is 16.4. The number of aliphatic hydroxyl groups excluding tert-OH is 1. The lowest BCUT2D eigenvalue weighted by atomic mass is 9.98. The Labute approximate surface area is 88.5 Å². The van der Waals surface area contributed by atoms with Crippen molar-refractivity contribution in [3.63, 3.8) is 0 Å². The maximum atomic E-state index is 11.5. The van der Waals surface area contributed by atoms with Crippen LogP contribution in [0.25, 0.3) is 0 Å². The predicted molar refractivity (Wildman–Crippen MR) is 54.1 cm³/mol. The molecule has 0 aromatic carbocycles. The van der Waals surface area contributed by atoms with E-state index in [0.717, 1.165) is 0 Å². The molecule has 0 heterocycles. The first kappa shape index (κ1) is 13.9. The number of hydrogen-bond acceptors (Lipinski definition) is 4. The van der Waals surface area contributed by atoms with Gasteiger partial charge in [-0.2, -0.15) is 0 Å². The Kier molecular flexibility index (Phi) is 4.70. The molecule has 0 radical (unpaired) electrons. The summed E-state index contributed by atoms with van der Waals surface area (Å²) in [6.45, 7) is 4.51. The molecule has 0 rings (SSSR count). The molecule has 6 heteroatoms. The van der Waals surface area contributed by atoms with E-state index in [4.69, 9.17) is 15.9 Å². The van der Waals surface area contributed by atoms with Crippen LogP contribution < -0.4 is 11.1 Å². The quantitative estimate of drug-likeness (QED) is 0.476. The van der Waals surface area contributed by atoms with Gasteiger partial charge in [-0.15, -0.1) is 0 Å². The number of carbonyl (C=O) groups excluding carboxylic acids is 1. The van der Waals surface area contributed by atoms with E-state index >= 15 is 0 Å². The molecule has 0 saturated carbocycles. The molecule has 0 aromatic heterocycles. The topological polar surface area (TPSA) is 113 Å². The second-order valence-corrected chi connectivity index (χ2v) is 3.80. The second-order valence-electron chi connectivity index (χ2n) is 3.80. The second kappa shape index (κ2) is 5.09. The van der Waals surface area contributed by atoms with Crippen LogP contribution in [-0.2, 0) is 9.59 Å². The number of carboxylic acids is 1. The van der Waals surface area contributed by atoms with Crippen molar-refractivity contribution in [2.75, 3.05) is 0 Å². The number of aliphatic carboxylic acids is 1. The van der Waals surface area contributed by atoms with Crippen molar-refractivity contribution in [2.45, 2.75) is 44.9 Å². The van der Waals surface area contributed by atoms with Crippen LogP contribution in [0.5, 0.6) is 0 Å². The lowest BCUT2D eigenvalue weighted by molar-refractivity contribution is -0.145. The van der Waals surface area contributed by atoms with Crippen molar-refractivity contribution in [1.82, 2.24) is 5.32 Å². The van der Waals surface area contributed by atoms with Crippen LogP contribution in [0.3, 0.4) is 0 Å². The van der Waals surface area contributed by atoms with Crippen molar-refractivity contribution < 1.29 is 19.8 Å². The van der Waals surface area contributed by atoms with E-state index in [2.05, 4.69) is 5.32 Å². The third-order valence-corrected chi connectivity index (χ3v) is 2.29. The summed E-state index contributed by atoms with van der Waals surface area (Å²) in [5.41, 5.74) is 4.50. The average Bonchev–Trinajstić information content (AvgIpc) is 2.12. The smallest absolute Gasteiger partial charge is 0.328 e. The number of carbonyl (C=O) groups is 2. The molecule has 3 atom stereocenters. The number of aliphatic hydroxyl groups is 1. The Morgan fingerprint density at radius 1 is 1.53 bits per heavy atom. The monoisotopic (exact) mass is 218 g/mol. The molecule has 0 aliphatic heterocycles. The van der Waals surface area contributed by atoms with Crippen molar-refractivity contribution >= 4 is 11.9 Å². The highest BCUT2D eigenvalue weighted by molar-refractivity contribution is 5.89. The summed E-state index contributed by atoms with van der Waals surface area (Å²) in [7, 11) is 0. The summed E-state index contributed by atoms with van der Waals surface area (Å²) in [4.78, 5) is 22.2. The first-order valence-electron chi connectivity index (χ1n) is 4.73. The molecule has 0 fully saturated rings. The van der Waals surface area contributed by atoms with E-state index in [1.54, 1.807) is 6.92 Å². The number of rotatable bonds is 5. The van der Waals surface area contributed by atoms with Crippen molar-refractivity contribution in [2.24, 2.45) is 5.73 Å². The fourth-order valence-electron chi connectivity index (χ4n) is 0.855. The maximum Gasteiger partial charge on any atom is 0.328 e. The molecule has 1 amide bonds. The third-order valence-electron chi connectivity index (χ3n) is 2.29. The lowest BCUT2D eigenvalue weighted by Crippen LogP contribution is -2.57. The highest BCUT2D eigenvalue weighted by Crippen LogP contribution is 2.05. The van der Waals surface area contributed by atoms with Crippen LogP contribution in [0.4, 0.5) is 0 Å². The third kappa shape index (κ3) is 3.85. The van der Waals surface area contributed by atoms with Crippen molar-refractivity contribution in [3.05, 3.63) is 0 Å². The number of nitrogens with two attached hydrogens (primary N) is 1. The fourth-order valence-corrected chi connectivity index (χ4v) is 0.855. The lowest BCUT2D eigenvalue weighted by Gasteiger charge is -2.25. The van der Waals surface area contributed by atoms with E-state index in [9.17, 15) is 9.59 Å². The van der Waals surface area contributed by atoms with Gasteiger partial charge in [0.05, 0.1) is 11.6 Å². The molecule has 0 bridgehead atoms. The molecular formula is C9H18N2O4. The average molecular weight is 218 g/mol. The first-order chi connectivity index (χ1) is 6.72. The molecule has 0 saturated heterocycles. The molecule has 88 valence electrons. The van der Waals surface area contributed by atoms with Crippen molar-refractivity contribution in [3.8, 4) is 0 Å². The summed E-state index contributed by atoms with van der Waals surface area (Å²) in [5.74, 6) is -1.87. The zero-order valence-corrected chi connectivity index (χ0v) is 9.15. The van der Waals surface area contributed by atoms with E-state index in [-0.39, 0.29) is 0 Å². The molecular weight excluding hydrogens is 200 g/mol. The molecule has 0 spiro atoms. The molecule has 15 heavy (non-hydrogen) atoms. The zero-order chi connectivity index (χ0) is 12.2. The van der Waals surface area contributed by atoms with Crippen LogP contribution in [0, 0.1) is 0 Å². The van der Waals surface area contributed by atoms with Gasteiger partial charge in [-0.3, -0.25) is 4.79 Å². The molecule has 3 unspecified atom stereocenters. The summed E-state index contributed by atoms with van der Waals surface area (Å²) < 4.78 is 0. The van der Waals surface area contributed by atoms with Crippen molar-refractivity contribution in [1.29, 1.82) is 0 Å². The highest BCUT2D eigenvalue weighted by Gasteiger charge is 2.32. The van der Waals surface area contributed by atoms with E-state index in [1.165, 1.54) is 13.8 Å². The normalized spacial score (nSPS) is 18.7. The Hall–Kier alpha value is -1.14. The van der Waals surface area contributed by atoms with Gasteiger partial charge in [-0.25, -0.2) is 4.79 Å². The Morgan fingerprint density at radius 2 is 2.00 bits per heavy atom. The standard InChI is InChI=1S/C9H18N2O4/c1-4-9(3,10)8(15)11-6(5(2)12)7(13)14/h5-6,12H,4,10H2,1-3H3,(H,11,15)(H,13,14). The van der Waals surface area contributed by atoms with Gasteiger partial charge in [0.1, 0.15) is 0 Å². The minimum absolute atomic E-state index is 0.380. The van der Waals surface area contributed by atoms with Gasteiger partial charge in [-0.1, -0.05) is 6.92 Å². The Bertz CT molecular complexity index is 250. The minimum atomic E-state index is -1.33. The molecule has 0 aliphatic rings. The van der Waals surface area contributed by atoms with Crippen LogP contribution in [0.2, 0.25) is 0 Å². The molecule has 0 aromatic rings.